The largest absolute Gasteiger partial charge is 0.394 e. The highest BCUT2D eigenvalue weighted by Crippen LogP contribution is 2.19. The van der Waals surface area contributed by atoms with Crippen LogP contribution in [-0.2, 0) is 9.47 Å². The van der Waals surface area contributed by atoms with Gasteiger partial charge in [0.15, 0.2) is 0 Å². The first-order valence-corrected chi connectivity index (χ1v) is 7.45. The van der Waals surface area contributed by atoms with Gasteiger partial charge in [0.05, 0.1) is 38.6 Å². The topological polar surface area (TPSA) is 71.0 Å². The average molecular weight is 318 g/mol. The van der Waals surface area contributed by atoms with Crippen LogP contribution in [0.1, 0.15) is 18.6 Å². The van der Waals surface area contributed by atoms with E-state index in [1.807, 2.05) is 31.2 Å². The number of benzene rings is 1. The summed E-state index contributed by atoms with van der Waals surface area (Å²) in [4.78, 5) is 0. The molecule has 6 heteroatoms. The normalized spacial score (nSPS) is 14.1. The molecule has 5 nitrogen and oxygen atoms in total. The van der Waals surface area contributed by atoms with Crippen molar-refractivity contribution in [1.29, 1.82) is 0 Å². The van der Waals surface area contributed by atoms with E-state index in [0.717, 1.165) is 5.56 Å². The van der Waals surface area contributed by atoms with Gasteiger partial charge in [-0.15, -0.1) is 0 Å². The Labute approximate surface area is 130 Å². The van der Waals surface area contributed by atoms with Crippen molar-refractivity contribution in [1.82, 2.24) is 5.32 Å². The van der Waals surface area contributed by atoms with Crippen LogP contribution in [0.15, 0.2) is 24.3 Å². The van der Waals surface area contributed by atoms with E-state index in [4.69, 9.17) is 26.2 Å². The summed E-state index contributed by atoms with van der Waals surface area (Å²) in [6.07, 6.45) is -0.664. The van der Waals surface area contributed by atoms with Crippen molar-refractivity contribution in [2.45, 2.75) is 19.1 Å². The summed E-state index contributed by atoms with van der Waals surface area (Å²) in [6.45, 7) is 4.14. The van der Waals surface area contributed by atoms with Crippen LogP contribution in [0, 0.1) is 0 Å². The van der Waals surface area contributed by atoms with Crippen LogP contribution >= 0.6 is 11.6 Å². The second kappa shape index (κ2) is 11.0. The van der Waals surface area contributed by atoms with Gasteiger partial charge in [-0.25, -0.2) is 0 Å². The van der Waals surface area contributed by atoms with E-state index < -0.39 is 6.10 Å². The van der Waals surface area contributed by atoms with Gasteiger partial charge in [-0.1, -0.05) is 23.7 Å². The molecule has 1 aromatic carbocycles. The summed E-state index contributed by atoms with van der Waals surface area (Å²) in [5.41, 5.74) is 1.02. The van der Waals surface area contributed by atoms with E-state index in [2.05, 4.69) is 5.32 Å². The number of rotatable bonds is 11. The molecule has 0 amide bonds. The van der Waals surface area contributed by atoms with Crippen LogP contribution in [-0.4, -0.2) is 55.8 Å². The maximum absolute atomic E-state index is 9.80. The number of hydrogen-bond donors (Lipinski definition) is 3. The Morgan fingerprint density at radius 3 is 2.62 bits per heavy atom. The molecule has 0 spiro atoms. The second-order valence-electron chi connectivity index (χ2n) is 4.72. The quantitative estimate of drug-likeness (QED) is 0.538. The van der Waals surface area contributed by atoms with Crippen molar-refractivity contribution in [2.24, 2.45) is 0 Å². The van der Waals surface area contributed by atoms with E-state index in [0.29, 0.717) is 31.3 Å². The molecule has 21 heavy (non-hydrogen) atoms. The fourth-order valence-corrected chi connectivity index (χ4v) is 1.85. The molecule has 0 bridgehead atoms. The van der Waals surface area contributed by atoms with Crippen LogP contribution in [0.2, 0.25) is 5.02 Å². The lowest BCUT2D eigenvalue weighted by Crippen LogP contribution is -2.32. The summed E-state index contributed by atoms with van der Waals surface area (Å²) in [5, 5.41) is 22.1. The third kappa shape index (κ3) is 8.36. The highest BCUT2D eigenvalue weighted by atomic mass is 35.5. The van der Waals surface area contributed by atoms with E-state index in [1.165, 1.54) is 0 Å². The van der Waals surface area contributed by atoms with E-state index >= 15 is 0 Å². The number of halogens is 1. The molecule has 0 fully saturated rings. The molecule has 0 aliphatic rings. The zero-order valence-corrected chi connectivity index (χ0v) is 13.1. The minimum atomic E-state index is -0.572. The highest BCUT2D eigenvalue weighted by molar-refractivity contribution is 6.30. The van der Waals surface area contributed by atoms with Gasteiger partial charge in [-0.2, -0.15) is 0 Å². The van der Waals surface area contributed by atoms with Crippen molar-refractivity contribution in [2.75, 3.05) is 39.5 Å². The Morgan fingerprint density at radius 2 is 1.95 bits per heavy atom. The van der Waals surface area contributed by atoms with Gasteiger partial charge in [0.25, 0.3) is 0 Å². The molecular formula is C15H24ClNO4. The van der Waals surface area contributed by atoms with Crippen molar-refractivity contribution >= 4 is 11.6 Å². The minimum absolute atomic E-state index is 0.0268. The first kappa shape index (κ1) is 18.4. The molecule has 0 saturated heterocycles. The summed E-state index contributed by atoms with van der Waals surface area (Å²) in [7, 11) is 0. The van der Waals surface area contributed by atoms with Crippen LogP contribution in [0.4, 0.5) is 0 Å². The molecule has 0 aliphatic carbocycles. The maximum Gasteiger partial charge on any atom is 0.0897 e. The van der Waals surface area contributed by atoms with Crippen molar-refractivity contribution in [3.05, 3.63) is 34.9 Å². The Kier molecular flexibility index (Phi) is 9.58. The lowest BCUT2D eigenvalue weighted by Gasteiger charge is -2.17. The predicted octanol–water partition coefficient (Wildman–Crippen LogP) is 1.38. The Balaban J connectivity index is 2.11. The number of ether oxygens (including phenoxy) is 2. The molecule has 3 N–H and O–H groups in total. The maximum atomic E-state index is 9.80. The fraction of sp³-hybridized carbons (Fsp3) is 0.600. The van der Waals surface area contributed by atoms with Crippen LogP contribution < -0.4 is 5.32 Å². The lowest BCUT2D eigenvalue weighted by atomic mass is 10.1. The van der Waals surface area contributed by atoms with Gasteiger partial charge in [0, 0.05) is 18.1 Å². The predicted molar refractivity (Wildman–Crippen MR) is 82.6 cm³/mol. The van der Waals surface area contributed by atoms with Crippen LogP contribution in [0.5, 0.6) is 0 Å². The zero-order valence-electron chi connectivity index (χ0n) is 12.3. The number of nitrogens with one attached hydrogen (secondary N) is 1. The monoisotopic (exact) mass is 317 g/mol. The molecule has 0 saturated carbocycles. The molecule has 2 unspecified atom stereocenters. The lowest BCUT2D eigenvalue weighted by molar-refractivity contribution is -0.00273. The van der Waals surface area contributed by atoms with Crippen molar-refractivity contribution in [3.63, 3.8) is 0 Å². The van der Waals surface area contributed by atoms with Gasteiger partial charge in [0.1, 0.15) is 0 Å². The van der Waals surface area contributed by atoms with E-state index in [1.54, 1.807) is 0 Å². The van der Waals surface area contributed by atoms with Crippen LogP contribution in [0.3, 0.4) is 0 Å². The molecule has 0 aliphatic heterocycles. The van der Waals surface area contributed by atoms with Crippen molar-refractivity contribution < 1.29 is 19.7 Å². The molecular weight excluding hydrogens is 294 g/mol. The standard InChI is InChI=1S/C15H24ClNO4/c1-12(13-2-4-14(16)5-3-13)21-11-15(19)10-17-6-8-20-9-7-18/h2-5,12,15,17-19H,6-11H2,1H3. The number of aliphatic hydroxyl groups excluding tert-OH is 2. The van der Waals surface area contributed by atoms with Gasteiger partial charge < -0.3 is 25.0 Å². The molecule has 0 radical (unpaired) electrons. The molecule has 2 atom stereocenters. The molecule has 1 rings (SSSR count). The smallest absolute Gasteiger partial charge is 0.0897 e. The van der Waals surface area contributed by atoms with Gasteiger partial charge >= 0.3 is 0 Å². The summed E-state index contributed by atoms with van der Waals surface area (Å²) in [5.74, 6) is 0. The number of aliphatic hydroxyl groups is 2. The van der Waals surface area contributed by atoms with Gasteiger partial charge in [0.2, 0.25) is 0 Å². The molecule has 0 heterocycles. The van der Waals surface area contributed by atoms with Gasteiger partial charge in [-0.05, 0) is 24.6 Å². The Morgan fingerprint density at radius 1 is 1.24 bits per heavy atom. The molecule has 0 aromatic heterocycles. The van der Waals surface area contributed by atoms with E-state index in [9.17, 15) is 5.11 Å². The summed E-state index contributed by atoms with van der Waals surface area (Å²) >= 11 is 5.83. The minimum Gasteiger partial charge on any atom is -0.394 e. The van der Waals surface area contributed by atoms with Crippen LogP contribution in [0.25, 0.3) is 0 Å². The summed E-state index contributed by atoms with van der Waals surface area (Å²) < 4.78 is 10.7. The highest BCUT2D eigenvalue weighted by Gasteiger charge is 2.09. The first-order chi connectivity index (χ1) is 10.1. The average Bonchev–Trinajstić information content (AvgIpc) is 2.49. The SMILES string of the molecule is CC(OCC(O)CNCCOCCO)c1ccc(Cl)cc1. The van der Waals surface area contributed by atoms with Gasteiger partial charge in [-0.3, -0.25) is 0 Å². The Hall–Kier alpha value is -0.690. The zero-order chi connectivity index (χ0) is 15.5. The third-order valence-corrected chi connectivity index (χ3v) is 3.17. The molecule has 1 aromatic rings. The third-order valence-electron chi connectivity index (χ3n) is 2.92. The number of hydrogen-bond acceptors (Lipinski definition) is 5. The van der Waals surface area contributed by atoms with Crippen molar-refractivity contribution in [3.8, 4) is 0 Å². The van der Waals surface area contributed by atoms with E-state index in [-0.39, 0.29) is 19.3 Å². The molecule has 120 valence electrons. The summed E-state index contributed by atoms with van der Waals surface area (Å²) in [6, 6.07) is 7.47. The first-order valence-electron chi connectivity index (χ1n) is 7.08. The Bertz CT molecular complexity index is 374. The second-order valence-corrected chi connectivity index (χ2v) is 5.16. The fourth-order valence-electron chi connectivity index (χ4n) is 1.72.